The summed E-state index contributed by atoms with van der Waals surface area (Å²) < 4.78 is 5.80. The average Bonchev–Trinajstić information content (AvgIpc) is 3.31. The van der Waals surface area contributed by atoms with E-state index < -0.39 is 0 Å². The van der Waals surface area contributed by atoms with Gasteiger partial charge in [0, 0.05) is 31.6 Å². The Morgan fingerprint density at radius 2 is 2.00 bits per heavy atom. The van der Waals surface area contributed by atoms with Crippen molar-refractivity contribution in [3.8, 4) is 11.9 Å². The summed E-state index contributed by atoms with van der Waals surface area (Å²) in [6.45, 7) is 5.09. The van der Waals surface area contributed by atoms with E-state index >= 15 is 0 Å². The molecule has 3 aromatic rings. The number of anilines is 1. The first-order valence-electron chi connectivity index (χ1n) is 9.76. The number of piperazine rings is 1. The number of fused-ring (bicyclic) bond motifs is 1. The van der Waals surface area contributed by atoms with Crippen molar-refractivity contribution in [1.29, 1.82) is 5.26 Å². The molecular weight excluding hydrogens is 384 g/mol. The number of hydrogen-bond donors (Lipinski definition) is 0. The largest absolute Gasteiger partial charge is 0.477 e. The Kier molecular flexibility index (Phi) is 5.63. The normalized spacial score (nSPS) is 14.1. The van der Waals surface area contributed by atoms with Crippen LogP contribution < -0.4 is 9.64 Å². The molecule has 1 saturated heterocycles. The Balaban J connectivity index is 1.65. The molecule has 0 saturated carbocycles. The molecule has 0 bridgehead atoms. The Hall–Kier alpha value is -3.11. The van der Waals surface area contributed by atoms with E-state index in [2.05, 4.69) is 16.0 Å². The SMILES string of the molecule is CCCOc1nc2ccccc2c(N2CCN(C(=O)c3cccs3)CC2)c1C#N. The predicted octanol–water partition coefficient (Wildman–Crippen LogP) is 3.92. The highest BCUT2D eigenvalue weighted by molar-refractivity contribution is 7.12. The molecule has 4 rings (SSSR count). The number of rotatable bonds is 5. The maximum atomic E-state index is 12.6. The lowest BCUT2D eigenvalue weighted by atomic mass is 10.1. The van der Waals surface area contributed by atoms with Crippen molar-refractivity contribution in [2.45, 2.75) is 13.3 Å². The molecule has 7 heteroatoms. The summed E-state index contributed by atoms with van der Waals surface area (Å²) in [6, 6.07) is 13.9. The lowest BCUT2D eigenvalue weighted by molar-refractivity contribution is 0.0751. The van der Waals surface area contributed by atoms with Gasteiger partial charge in [0.2, 0.25) is 5.88 Å². The van der Waals surface area contributed by atoms with Gasteiger partial charge in [0.15, 0.2) is 0 Å². The first-order valence-corrected chi connectivity index (χ1v) is 10.6. The lowest BCUT2D eigenvalue weighted by Gasteiger charge is -2.37. The zero-order valence-electron chi connectivity index (χ0n) is 16.3. The van der Waals surface area contributed by atoms with Gasteiger partial charge in [-0.3, -0.25) is 4.79 Å². The van der Waals surface area contributed by atoms with Crippen LogP contribution in [0.25, 0.3) is 10.9 Å². The van der Waals surface area contributed by atoms with Crippen molar-refractivity contribution in [2.75, 3.05) is 37.7 Å². The highest BCUT2D eigenvalue weighted by Gasteiger charge is 2.27. The van der Waals surface area contributed by atoms with E-state index in [1.165, 1.54) is 11.3 Å². The number of carbonyl (C=O) groups excluding carboxylic acids is 1. The Morgan fingerprint density at radius 1 is 1.21 bits per heavy atom. The number of benzene rings is 1. The first-order chi connectivity index (χ1) is 14.2. The van der Waals surface area contributed by atoms with E-state index in [1.807, 2.05) is 53.6 Å². The topological polar surface area (TPSA) is 69.5 Å². The van der Waals surface area contributed by atoms with Crippen LogP contribution in [-0.4, -0.2) is 48.6 Å². The van der Waals surface area contributed by atoms with Crippen molar-refractivity contribution in [3.05, 3.63) is 52.2 Å². The van der Waals surface area contributed by atoms with Gasteiger partial charge in [-0.05, 0) is 23.9 Å². The van der Waals surface area contributed by atoms with E-state index in [1.54, 1.807) is 0 Å². The molecule has 6 nitrogen and oxygen atoms in total. The molecule has 1 aliphatic rings. The molecule has 0 atom stereocenters. The van der Waals surface area contributed by atoms with Gasteiger partial charge < -0.3 is 14.5 Å². The average molecular weight is 407 g/mol. The molecule has 148 valence electrons. The molecule has 0 aliphatic carbocycles. The van der Waals surface area contributed by atoms with Crippen LogP contribution in [0.15, 0.2) is 41.8 Å². The standard InChI is InChI=1S/C22H22N4O2S/c1-2-13-28-21-17(15-23)20(16-6-3-4-7-18(16)24-21)25-9-11-26(12-10-25)22(27)19-8-5-14-29-19/h3-8,14H,2,9-13H2,1H3. The van der Waals surface area contributed by atoms with Gasteiger partial charge in [0.1, 0.15) is 11.6 Å². The molecule has 3 heterocycles. The number of para-hydroxylation sites is 1. The third kappa shape index (κ3) is 3.76. The number of nitriles is 1. The van der Waals surface area contributed by atoms with Crippen LogP contribution in [0.5, 0.6) is 5.88 Å². The number of nitrogens with zero attached hydrogens (tertiary/aromatic N) is 4. The van der Waals surface area contributed by atoms with Gasteiger partial charge in [0.25, 0.3) is 5.91 Å². The minimum Gasteiger partial charge on any atom is -0.477 e. The van der Waals surface area contributed by atoms with Crippen molar-refractivity contribution in [3.63, 3.8) is 0 Å². The van der Waals surface area contributed by atoms with Crippen LogP contribution in [0, 0.1) is 11.3 Å². The third-order valence-electron chi connectivity index (χ3n) is 5.00. The Bertz CT molecular complexity index is 1050. The van der Waals surface area contributed by atoms with E-state index in [0.29, 0.717) is 44.2 Å². The molecule has 0 spiro atoms. The molecule has 1 aliphatic heterocycles. The molecule has 2 aromatic heterocycles. The zero-order chi connectivity index (χ0) is 20.2. The molecule has 1 aromatic carbocycles. The zero-order valence-corrected chi connectivity index (χ0v) is 17.1. The summed E-state index contributed by atoms with van der Waals surface area (Å²) in [7, 11) is 0. The number of thiophene rings is 1. The van der Waals surface area contributed by atoms with Gasteiger partial charge in [-0.15, -0.1) is 11.3 Å². The van der Waals surface area contributed by atoms with E-state index in [9.17, 15) is 10.1 Å². The monoisotopic (exact) mass is 406 g/mol. The minimum atomic E-state index is 0.0757. The fraction of sp³-hybridized carbons (Fsp3) is 0.318. The second kappa shape index (κ2) is 8.50. The van der Waals surface area contributed by atoms with Crippen molar-refractivity contribution in [1.82, 2.24) is 9.88 Å². The van der Waals surface area contributed by atoms with Gasteiger partial charge in [-0.1, -0.05) is 31.2 Å². The Morgan fingerprint density at radius 3 is 2.69 bits per heavy atom. The van der Waals surface area contributed by atoms with Gasteiger partial charge in [0.05, 0.1) is 22.7 Å². The fourth-order valence-electron chi connectivity index (χ4n) is 3.59. The smallest absolute Gasteiger partial charge is 0.264 e. The molecule has 1 amide bonds. The number of hydrogen-bond acceptors (Lipinski definition) is 6. The molecule has 29 heavy (non-hydrogen) atoms. The van der Waals surface area contributed by atoms with E-state index in [4.69, 9.17) is 4.74 Å². The molecular formula is C22H22N4O2S. The van der Waals surface area contributed by atoms with E-state index in [0.717, 1.165) is 27.9 Å². The lowest BCUT2D eigenvalue weighted by Crippen LogP contribution is -2.49. The number of ether oxygens (including phenoxy) is 1. The molecule has 0 N–H and O–H groups in total. The number of carbonyl (C=O) groups is 1. The van der Waals surface area contributed by atoms with Crippen LogP contribution in [-0.2, 0) is 0 Å². The number of amides is 1. The van der Waals surface area contributed by atoms with Crippen LogP contribution in [0.2, 0.25) is 0 Å². The predicted molar refractivity (Wildman–Crippen MR) is 115 cm³/mol. The van der Waals surface area contributed by atoms with Crippen molar-refractivity contribution in [2.24, 2.45) is 0 Å². The third-order valence-corrected chi connectivity index (χ3v) is 5.86. The van der Waals surface area contributed by atoms with Crippen LogP contribution >= 0.6 is 11.3 Å². The first kappa shape index (κ1) is 19.2. The van der Waals surface area contributed by atoms with Crippen molar-refractivity contribution >= 4 is 33.8 Å². The minimum absolute atomic E-state index is 0.0757. The highest BCUT2D eigenvalue weighted by atomic mass is 32.1. The second-order valence-corrected chi connectivity index (χ2v) is 7.82. The van der Waals surface area contributed by atoms with Crippen LogP contribution in [0.3, 0.4) is 0 Å². The van der Waals surface area contributed by atoms with E-state index in [-0.39, 0.29) is 5.91 Å². The number of pyridine rings is 1. The summed E-state index contributed by atoms with van der Waals surface area (Å²) in [6.07, 6.45) is 0.845. The maximum absolute atomic E-state index is 12.6. The highest BCUT2D eigenvalue weighted by Crippen LogP contribution is 2.35. The van der Waals surface area contributed by atoms with Crippen molar-refractivity contribution < 1.29 is 9.53 Å². The van der Waals surface area contributed by atoms with Gasteiger partial charge in [-0.2, -0.15) is 5.26 Å². The maximum Gasteiger partial charge on any atom is 0.264 e. The molecule has 0 unspecified atom stereocenters. The molecule has 0 radical (unpaired) electrons. The summed E-state index contributed by atoms with van der Waals surface area (Å²) in [4.78, 5) is 22.1. The second-order valence-electron chi connectivity index (χ2n) is 6.87. The summed E-state index contributed by atoms with van der Waals surface area (Å²) >= 11 is 1.47. The van der Waals surface area contributed by atoms with Gasteiger partial charge >= 0.3 is 0 Å². The summed E-state index contributed by atoms with van der Waals surface area (Å²) in [5.74, 6) is 0.465. The van der Waals surface area contributed by atoms with Crippen LogP contribution in [0.4, 0.5) is 5.69 Å². The Labute approximate surface area is 173 Å². The summed E-state index contributed by atoms with van der Waals surface area (Å²) in [5, 5.41) is 12.8. The van der Waals surface area contributed by atoms with Gasteiger partial charge in [-0.25, -0.2) is 4.98 Å². The number of aromatic nitrogens is 1. The quantitative estimate of drug-likeness (QED) is 0.642. The summed E-state index contributed by atoms with van der Waals surface area (Å²) in [5.41, 5.74) is 2.13. The fourth-order valence-corrected chi connectivity index (χ4v) is 4.29. The van der Waals surface area contributed by atoms with Crippen LogP contribution in [0.1, 0.15) is 28.6 Å². The molecule has 1 fully saturated rings.